The molecule has 1 aromatic heterocycles. The van der Waals surface area contributed by atoms with Gasteiger partial charge in [0.15, 0.2) is 0 Å². The van der Waals surface area contributed by atoms with Crippen LogP contribution < -0.4 is 5.32 Å². The van der Waals surface area contributed by atoms with Crippen LogP contribution in [0, 0.1) is 0 Å². The van der Waals surface area contributed by atoms with Crippen LogP contribution in [-0.4, -0.2) is 17.0 Å². The molecule has 0 aliphatic carbocycles. The molecule has 1 aromatic carbocycles. The van der Waals surface area contributed by atoms with Gasteiger partial charge in [-0.05, 0) is 37.1 Å². The number of aliphatic carboxylic acids is 1. The molecule has 0 aliphatic rings. The van der Waals surface area contributed by atoms with Crippen molar-refractivity contribution in [2.75, 3.05) is 5.32 Å². The van der Waals surface area contributed by atoms with Crippen LogP contribution in [0.4, 0.5) is 5.69 Å². The molecular weight excluding hydrogens is 322 g/mol. The summed E-state index contributed by atoms with van der Waals surface area (Å²) >= 11 is 7.37. The molecule has 2 aromatic rings. The van der Waals surface area contributed by atoms with Crippen molar-refractivity contribution in [2.24, 2.45) is 0 Å². The first kappa shape index (κ1) is 16.5. The number of hydrogen-bond acceptors (Lipinski definition) is 3. The Bertz CT molecular complexity index is 666. The van der Waals surface area contributed by atoms with Crippen molar-refractivity contribution in [1.82, 2.24) is 0 Å². The summed E-state index contributed by atoms with van der Waals surface area (Å²) in [4.78, 5) is 23.9. The zero-order valence-corrected chi connectivity index (χ0v) is 13.6. The molecule has 0 aliphatic heterocycles. The van der Waals surface area contributed by atoms with Crippen molar-refractivity contribution in [3.63, 3.8) is 0 Å². The minimum atomic E-state index is -0.869. The smallest absolute Gasteiger partial charge is 0.310 e. The summed E-state index contributed by atoms with van der Waals surface area (Å²) in [6, 6.07) is 8.73. The van der Waals surface area contributed by atoms with E-state index in [1.54, 1.807) is 31.2 Å². The van der Waals surface area contributed by atoms with E-state index in [4.69, 9.17) is 16.7 Å². The summed E-state index contributed by atoms with van der Waals surface area (Å²) < 4.78 is 0. The molecule has 0 fully saturated rings. The second kappa shape index (κ2) is 7.42. The second-order valence-electron chi connectivity index (χ2n) is 4.96. The molecule has 0 saturated heterocycles. The first-order valence-electron chi connectivity index (χ1n) is 6.81. The first-order chi connectivity index (χ1) is 10.5. The van der Waals surface area contributed by atoms with Crippen molar-refractivity contribution >= 4 is 40.5 Å². The van der Waals surface area contributed by atoms with Gasteiger partial charge in [0.1, 0.15) is 0 Å². The van der Waals surface area contributed by atoms with E-state index in [0.717, 1.165) is 4.88 Å². The number of carboxylic acids is 1. The summed E-state index contributed by atoms with van der Waals surface area (Å²) in [5.41, 5.74) is 1.37. The van der Waals surface area contributed by atoms with Crippen LogP contribution in [0.15, 0.2) is 35.7 Å². The molecule has 1 unspecified atom stereocenters. The number of nitrogens with one attached hydrogen (secondary N) is 1. The van der Waals surface area contributed by atoms with Crippen LogP contribution in [-0.2, 0) is 16.0 Å². The molecule has 0 spiro atoms. The van der Waals surface area contributed by atoms with E-state index >= 15 is 0 Å². The molecule has 1 amide bonds. The van der Waals surface area contributed by atoms with Gasteiger partial charge in [0.25, 0.3) is 0 Å². The number of aryl methyl sites for hydroxylation is 1. The number of thiophene rings is 1. The number of rotatable bonds is 6. The molecule has 1 atom stereocenters. The third-order valence-electron chi connectivity index (χ3n) is 3.29. The lowest BCUT2D eigenvalue weighted by molar-refractivity contribution is -0.138. The average Bonchev–Trinajstić information content (AvgIpc) is 2.91. The minimum Gasteiger partial charge on any atom is -0.481 e. The molecule has 0 bridgehead atoms. The van der Waals surface area contributed by atoms with Gasteiger partial charge in [-0.3, -0.25) is 9.59 Å². The van der Waals surface area contributed by atoms with Gasteiger partial charge in [-0.15, -0.1) is 11.3 Å². The topological polar surface area (TPSA) is 66.4 Å². The highest BCUT2D eigenvalue weighted by atomic mass is 35.5. The third kappa shape index (κ3) is 4.58. The zero-order valence-electron chi connectivity index (χ0n) is 12.0. The van der Waals surface area contributed by atoms with Gasteiger partial charge in [-0.25, -0.2) is 0 Å². The molecule has 116 valence electrons. The minimum absolute atomic E-state index is 0.0800. The standard InChI is InChI=1S/C16H16ClNO3S/c1-10(16(20)21)11-2-4-13(5-3-11)18-15(19)7-6-14-8-12(17)9-22-14/h2-5,8-10H,6-7H2,1H3,(H,18,19)(H,20,21). The predicted molar refractivity (Wildman–Crippen MR) is 88.8 cm³/mol. The fourth-order valence-corrected chi connectivity index (χ4v) is 3.02. The van der Waals surface area contributed by atoms with Gasteiger partial charge in [-0.1, -0.05) is 23.7 Å². The quantitative estimate of drug-likeness (QED) is 0.831. The molecule has 22 heavy (non-hydrogen) atoms. The Hall–Kier alpha value is -1.85. The molecule has 4 nitrogen and oxygen atoms in total. The normalized spacial score (nSPS) is 11.9. The van der Waals surface area contributed by atoms with Crippen LogP contribution in [0.3, 0.4) is 0 Å². The van der Waals surface area contributed by atoms with Crippen LogP contribution in [0.1, 0.15) is 29.7 Å². The maximum absolute atomic E-state index is 11.9. The fourth-order valence-electron chi connectivity index (χ4n) is 1.94. The highest BCUT2D eigenvalue weighted by molar-refractivity contribution is 7.10. The van der Waals surface area contributed by atoms with Crippen molar-refractivity contribution in [2.45, 2.75) is 25.7 Å². The molecule has 2 rings (SSSR count). The fraction of sp³-hybridized carbons (Fsp3) is 0.250. The second-order valence-corrected chi connectivity index (χ2v) is 6.39. The van der Waals surface area contributed by atoms with Crippen molar-refractivity contribution < 1.29 is 14.7 Å². The number of carbonyl (C=O) groups is 2. The number of benzene rings is 1. The summed E-state index contributed by atoms with van der Waals surface area (Å²) in [6.07, 6.45) is 1.03. The molecule has 0 radical (unpaired) electrons. The molecule has 0 saturated carbocycles. The Kier molecular flexibility index (Phi) is 5.57. The molecule has 2 N–H and O–H groups in total. The SMILES string of the molecule is CC(C(=O)O)c1ccc(NC(=O)CCc2cc(Cl)cs2)cc1. The van der Waals surface area contributed by atoms with Crippen molar-refractivity contribution in [1.29, 1.82) is 0 Å². The molecule has 6 heteroatoms. The Morgan fingerprint density at radius 1 is 1.32 bits per heavy atom. The predicted octanol–water partition coefficient (Wildman–Crippen LogP) is 4.16. The number of halogens is 1. The Morgan fingerprint density at radius 3 is 2.55 bits per heavy atom. The summed E-state index contributed by atoms with van der Waals surface area (Å²) in [7, 11) is 0. The van der Waals surface area contributed by atoms with Crippen molar-refractivity contribution in [3.8, 4) is 0 Å². The third-order valence-corrected chi connectivity index (χ3v) is 4.63. The van der Waals surface area contributed by atoms with E-state index in [2.05, 4.69) is 5.32 Å². The molecular formula is C16H16ClNO3S. The summed E-state index contributed by atoms with van der Waals surface area (Å²) in [5, 5.41) is 14.3. The Balaban J connectivity index is 1.87. The van der Waals surface area contributed by atoms with E-state index < -0.39 is 11.9 Å². The van der Waals surface area contributed by atoms with Crippen LogP contribution in [0.5, 0.6) is 0 Å². The largest absolute Gasteiger partial charge is 0.481 e. The number of carboxylic acid groups (broad SMARTS) is 1. The van der Waals surface area contributed by atoms with Gasteiger partial charge in [-0.2, -0.15) is 0 Å². The lowest BCUT2D eigenvalue weighted by Crippen LogP contribution is -2.12. The van der Waals surface area contributed by atoms with E-state index in [-0.39, 0.29) is 5.91 Å². The van der Waals surface area contributed by atoms with Crippen LogP contribution in [0.25, 0.3) is 0 Å². The highest BCUT2D eigenvalue weighted by Gasteiger charge is 2.13. The summed E-state index contributed by atoms with van der Waals surface area (Å²) in [6.45, 7) is 1.63. The van der Waals surface area contributed by atoms with E-state index in [1.807, 2.05) is 11.4 Å². The van der Waals surface area contributed by atoms with Gasteiger partial charge >= 0.3 is 5.97 Å². The van der Waals surface area contributed by atoms with E-state index in [1.165, 1.54) is 11.3 Å². The maximum Gasteiger partial charge on any atom is 0.310 e. The van der Waals surface area contributed by atoms with E-state index in [0.29, 0.717) is 29.1 Å². The van der Waals surface area contributed by atoms with Gasteiger partial charge in [0.2, 0.25) is 5.91 Å². The lowest BCUT2D eigenvalue weighted by atomic mass is 10.0. The molecule has 1 heterocycles. The Labute approximate surface area is 137 Å². The van der Waals surface area contributed by atoms with Gasteiger partial charge in [0.05, 0.1) is 10.9 Å². The number of carbonyl (C=O) groups excluding carboxylic acids is 1. The maximum atomic E-state index is 11.9. The monoisotopic (exact) mass is 337 g/mol. The van der Waals surface area contributed by atoms with Crippen molar-refractivity contribution in [3.05, 3.63) is 51.2 Å². The van der Waals surface area contributed by atoms with Gasteiger partial charge < -0.3 is 10.4 Å². The lowest BCUT2D eigenvalue weighted by Gasteiger charge is -2.09. The number of amides is 1. The van der Waals surface area contributed by atoms with Crippen LogP contribution >= 0.6 is 22.9 Å². The number of anilines is 1. The van der Waals surface area contributed by atoms with E-state index in [9.17, 15) is 9.59 Å². The Morgan fingerprint density at radius 2 is 2.00 bits per heavy atom. The zero-order chi connectivity index (χ0) is 16.1. The van der Waals surface area contributed by atoms with Gasteiger partial charge in [0, 0.05) is 22.4 Å². The average molecular weight is 338 g/mol. The first-order valence-corrected chi connectivity index (χ1v) is 8.07. The summed E-state index contributed by atoms with van der Waals surface area (Å²) in [5.74, 6) is -1.51. The highest BCUT2D eigenvalue weighted by Crippen LogP contribution is 2.21. The number of hydrogen-bond donors (Lipinski definition) is 2. The van der Waals surface area contributed by atoms with Crippen LogP contribution in [0.2, 0.25) is 5.02 Å².